The quantitative estimate of drug-likeness (QED) is 0.926. The van der Waals surface area contributed by atoms with E-state index in [0.717, 1.165) is 5.56 Å². The van der Waals surface area contributed by atoms with E-state index in [9.17, 15) is 4.39 Å². The number of benzene rings is 2. The molecule has 20 heavy (non-hydrogen) atoms. The SMILES string of the molecule is COc1ccc(CNc2cc(Cl)ccc2F)cc1C#N. The summed E-state index contributed by atoms with van der Waals surface area (Å²) in [6.07, 6.45) is 0. The minimum absolute atomic E-state index is 0.326. The Morgan fingerprint density at radius 1 is 1.30 bits per heavy atom. The summed E-state index contributed by atoms with van der Waals surface area (Å²) in [6, 6.07) is 11.6. The van der Waals surface area contributed by atoms with Gasteiger partial charge < -0.3 is 10.1 Å². The molecule has 2 rings (SSSR count). The molecule has 1 N–H and O–H groups in total. The maximum Gasteiger partial charge on any atom is 0.146 e. The summed E-state index contributed by atoms with van der Waals surface area (Å²) < 4.78 is 18.6. The standard InChI is InChI=1S/C15H12ClFN2O/c1-20-15-5-2-10(6-11(15)8-18)9-19-14-7-12(16)3-4-13(14)17/h2-7,19H,9H2,1H3. The summed E-state index contributed by atoms with van der Waals surface area (Å²) in [7, 11) is 1.51. The molecular formula is C15H12ClFN2O. The summed E-state index contributed by atoms with van der Waals surface area (Å²) in [5.74, 6) is 0.147. The third-order valence-electron chi connectivity index (χ3n) is 2.80. The van der Waals surface area contributed by atoms with Crippen molar-refractivity contribution in [1.29, 1.82) is 5.26 Å². The fourth-order valence-electron chi connectivity index (χ4n) is 1.78. The molecule has 0 bridgehead atoms. The van der Waals surface area contributed by atoms with E-state index < -0.39 is 0 Å². The minimum Gasteiger partial charge on any atom is -0.495 e. The topological polar surface area (TPSA) is 45.0 Å². The smallest absolute Gasteiger partial charge is 0.146 e. The highest BCUT2D eigenvalue weighted by Gasteiger charge is 2.06. The zero-order valence-electron chi connectivity index (χ0n) is 10.8. The van der Waals surface area contributed by atoms with Gasteiger partial charge in [0.05, 0.1) is 18.4 Å². The lowest BCUT2D eigenvalue weighted by molar-refractivity contribution is 0.413. The van der Waals surface area contributed by atoms with Gasteiger partial charge in [-0.2, -0.15) is 5.26 Å². The molecule has 0 spiro atoms. The molecule has 0 saturated carbocycles. The van der Waals surface area contributed by atoms with Crippen LogP contribution >= 0.6 is 11.6 Å². The van der Waals surface area contributed by atoms with Gasteiger partial charge in [0.15, 0.2) is 0 Å². The molecule has 0 radical (unpaired) electrons. The molecule has 0 aliphatic rings. The van der Waals surface area contributed by atoms with E-state index in [4.69, 9.17) is 21.6 Å². The van der Waals surface area contributed by atoms with Crippen LogP contribution in [0.25, 0.3) is 0 Å². The number of nitrogens with zero attached hydrogens (tertiary/aromatic N) is 1. The van der Waals surface area contributed by atoms with E-state index in [1.54, 1.807) is 12.1 Å². The number of nitrogens with one attached hydrogen (secondary N) is 1. The largest absolute Gasteiger partial charge is 0.495 e. The highest BCUT2D eigenvalue weighted by atomic mass is 35.5. The second-order valence-electron chi connectivity index (χ2n) is 4.12. The van der Waals surface area contributed by atoms with E-state index in [1.807, 2.05) is 6.07 Å². The average molecular weight is 291 g/mol. The summed E-state index contributed by atoms with van der Waals surface area (Å²) in [6.45, 7) is 0.385. The number of rotatable bonds is 4. The van der Waals surface area contributed by atoms with Crippen LogP contribution in [0, 0.1) is 17.1 Å². The second-order valence-corrected chi connectivity index (χ2v) is 4.56. The van der Waals surface area contributed by atoms with Crippen LogP contribution in [-0.4, -0.2) is 7.11 Å². The van der Waals surface area contributed by atoms with Crippen molar-refractivity contribution in [2.75, 3.05) is 12.4 Å². The molecule has 0 aromatic heterocycles. The van der Waals surface area contributed by atoms with Crippen LogP contribution < -0.4 is 10.1 Å². The van der Waals surface area contributed by atoms with Gasteiger partial charge in [-0.15, -0.1) is 0 Å². The van der Waals surface area contributed by atoms with E-state index in [0.29, 0.717) is 28.6 Å². The summed E-state index contributed by atoms with van der Waals surface area (Å²) in [5, 5.41) is 12.4. The molecule has 0 atom stereocenters. The summed E-state index contributed by atoms with van der Waals surface area (Å²) in [4.78, 5) is 0. The van der Waals surface area contributed by atoms with E-state index in [1.165, 1.54) is 25.3 Å². The van der Waals surface area contributed by atoms with E-state index in [2.05, 4.69) is 11.4 Å². The fourth-order valence-corrected chi connectivity index (χ4v) is 1.95. The third kappa shape index (κ3) is 3.19. The number of anilines is 1. The van der Waals surface area contributed by atoms with Crippen LogP contribution in [0.5, 0.6) is 5.75 Å². The Kier molecular flexibility index (Phi) is 4.44. The maximum atomic E-state index is 13.5. The van der Waals surface area contributed by atoms with Crippen molar-refractivity contribution in [3.05, 3.63) is 58.4 Å². The Balaban J connectivity index is 2.15. The lowest BCUT2D eigenvalue weighted by Gasteiger charge is -2.09. The van der Waals surface area contributed by atoms with Gasteiger partial charge in [-0.05, 0) is 35.9 Å². The molecular weight excluding hydrogens is 279 g/mol. The van der Waals surface area contributed by atoms with Crippen molar-refractivity contribution in [3.8, 4) is 11.8 Å². The summed E-state index contributed by atoms with van der Waals surface area (Å²) >= 11 is 5.82. The van der Waals surface area contributed by atoms with Gasteiger partial charge in [-0.1, -0.05) is 17.7 Å². The van der Waals surface area contributed by atoms with Crippen LogP contribution in [0.3, 0.4) is 0 Å². The van der Waals surface area contributed by atoms with Gasteiger partial charge in [0.25, 0.3) is 0 Å². The predicted octanol–water partition coefficient (Wildman–Crippen LogP) is 3.97. The maximum absolute atomic E-state index is 13.5. The minimum atomic E-state index is -0.372. The normalized spacial score (nSPS) is 9.90. The van der Waals surface area contributed by atoms with E-state index >= 15 is 0 Å². The number of halogens is 2. The Morgan fingerprint density at radius 3 is 2.80 bits per heavy atom. The number of ether oxygens (including phenoxy) is 1. The van der Waals surface area contributed by atoms with E-state index in [-0.39, 0.29) is 5.82 Å². The van der Waals surface area contributed by atoms with Gasteiger partial charge >= 0.3 is 0 Å². The first-order valence-electron chi connectivity index (χ1n) is 5.90. The molecule has 0 heterocycles. The number of hydrogen-bond donors (Lipinski definition) is 1. The molecule has 102 valence electrons. The van der Waals surface area contributed by atoms with Crippen molar-refractivity contribution >= 4 is 17.3 Å². The van der Waals surface area contributed by atoms with Crippen molar-refractivity contribution < 1.29 is 9.13 Å². The van der Waals surface area contributed by atoms with Gasteiger partial charge in [-0.3, -0.25) is 0 Å². The van der Waals surface area contributed by atoms with Crippen LogP contribution in [-0.2, 0) is 6.54 Å². The van der Waals surface area contributed by atoms with Crippen molar-refractivity contribution in [3.63, 3.8) is 0 Å². The molecule has 2 aromatic carbocycles. The Morgan fingerprint density at radius 2 is 2.10 bits per heavy atom. The molecule has 0 saturated heterocycles. The predicted molar refractivity (Wildman–Crippen MR) is 76.4 cm³/mol. The number of hydrogen-bond acceptors (Lipinski definition) is 3. The van der Waals surface area contributed by atoms with Crippen LogP contribution in [0.2, 0.25) is 5.02 Å². The number of nitriles is 1. The zero-order valence-corrected chi connectivity index (χ0v) is 11.5. The zero-order chi connectivity index (χ0) is 14.5. The van der Waals surface area contributed by atoms with Crippen molar-refractivity contribution in [1.82, 2.24) is 0 Å². The lowest BCUT2D eigenvalue weighted by atomic mass is 10.1. The molecule has 0 fully saturated rings. The first-order chi connectivity index (χ1) is 9.63. The molecule has 5 heteroatoms. The molecule has 3 nitrogen and oxygen atoms in total. The monoisotopic (exact) mass is 290 g/mol. The highest BCUT2D eigenvalue weighted by Crippen LogP contribution is 2.22. The molecule has 2 aromatic rings. The highest BCUT2D eigenvalue weighted by molar-refractivity contribution is 6.30. The molecule has 0 aliphatic heterocycles. The van der Waals surface area contributed by atoms with Gasteiger partial charge in [-0.25, -0.2) is 4.39 Å². The molecule has 0 unspecified atom stereocenters. The average Bonchev–Trinajstić information content (AvgIpc) is 2.47. The Labute approximate surface area is 121 Å². The van der Waals surface area contributed by atoms with Gasteiger partial charge in [0, 0.05) is 11.6 Å². The fraction of sp³-hybridized carbons (Fsp3) is 0.133. The first-order valence-corrected chi connectivity index (χ1v) is 6.28. The van der Waals surface area contributed by atoms with Crippen molar-refractivity contribution in [2.45, 2.75) is 6.54 Å². The molecule has 0 amide bonds. The van der Waals surface area contributed by atoms with Gasteiger partial charge in [0.2, 0.25) is 0 Å². The van der Waals surface area contributed by atoms with Gasteiger partial charge in [0.1, 0.15) is 17.6 Å². The first kappa shape index (κ1) is 14.2. The second kappa shape index (κ2) is 6.27. The lowest BCUT2D eigenvalue weighted by Crippen LogP contribution is -2.02. The van der Waals surface area contributed by atoms with Crippen molar-refractivity contribution in [2.24, 2.45) is 0 Å². The molecule has 0 aliphatic carbocycles. The summed E-state index contributed by atoms with van der Waals surface area (Å²) in [5.41, 5.74) is 1.62. The van der Waals surface area contributed by atoms with Crippen LogP contribution in [0.15, 0.2) is 36.4 Å². The van der Waals surface area contributed by atoms with Crippen LogP contribution in [0.4, 0.5) is 10.1 Å². The van der Waals surface area contributed by atoms with Crippen LogP contribution in [0.1, 0.15) is 11.1 Å². The Hall–Kier alpha value is -2.25. The number of methoxy groups -OCH3 is 1. The Bertz CT molecular complexity index is 667. The third-order valence-corrected chi connectivity index (χ3v) is 3.03.